The largest absolute Gasteiger partial charge is 0.0533 e. The summed E-state index contributed by atoms with van der Waals surface area (Å²) in [6.45, 7) is 4.06. The van der Waals surface area contributed by atoms with E-state index in [1.165, 1.54) is 70.6 Å². The van der Waals surface area contributed by atoms with Crippen molar-refractivity contribution in [3.8, 4) is 0 Å². The molecule has 0 N–H and O–H groups in total. The van der Waals surface area contributed by atoms with Crippen molar-refractivity contribution in [2.45, 2.75) is 70.6 Å². The van der Waals surface area contributed by atoms with Gasteiger partial charge in [-0.15, -0.1) is 0 Å². The quantitative estimate of drug-likeness (QED) is 0.548. The van der Waals surface area contributed by atoms with Gasteiger partial charge in [-0.05, 0) is 5.92 Å². The average molecular weight is 181 g/mol. The van der Waals surface area contributed by atoms with Crippen molar-refractivity contribution in [1.82, 2.24) is 0 Å². The molecule has 1 radical (unpaired) electrons. The third-order valence-corrected chi connectivity index (χ3v) is 3.38. The summed E-state index contributed by atoms with van der Waals surface area (Å²) in [6.07, 6.45) is 15.8. The minimum Gasteiger partial charge on any atom is -0.0533 e. The van der Waals surface area contributed by atoms with Crippen LogP contribution in [0.15, 0.2) is 0 Å². The summed E-state index contributed by atoms with van der Waals surface area (Å²) in [6, 6.07) is 0. The van der Waals surface area contributed by atoms with E-state index in [0.717, 1.165) is 5.92 Å². The Kier molecular flexibility index (Phi) is 6.31. The van der Waals surface area contributed by atoms with Crippen molar-refractivity contribution < 1.29 is 0 Å². The summed E-state index contributed by atoms with van der Waals surface area (Å²) in [7, 11) is 0. The highest BCUT2D eigenvalue weighted by Crippen LogP contribution is 2.22. The predicted octanol–water partition coefficient (Wildman–Crippen LogP) is 4.74. The topological polar surface area (TPSA) is 0 Å². The minimum absolute atomic E-state index is 0.943. The van der Waals surface area contributed by atoms with Gasteiger partial charge in [-0.25, -0.2) is 0 Å². The maximum absolute atomic E-state index is 4.06. The van der Waals surface area contributed by atoms with Crippen LogP contribution in [0.2, 0.25) is 0 Å². The van der Waals surface area contributed by atoms with Crippen molar-refractivity contribution in [2.75, 3.05) is 0 Å². The monoisotopic (exact) mass is 181 g/mol. The van der Waals surface area contributed by atoms with Gasteiger partial charge in [0.1, 0.15) is 0 Å². The second kappa shape index (κ2) is 7.41. The number of rotatable bonds is 1. The lowest BCUT2D eigenvalue weighted by Crippen LogP contribution is -1.98. The van der Waals surface area contributed by atoms with Gasteiger partial charge in [0.15, 0.2) is 0 Å². The molecule has 0 spiro atoms. The molecule has 0 aliphatic heterocycles. The van der Waals surface area contributed by atoms with Gasteiger partial charge in [-0.1, -0.05) is 77.6 Å². The fourth-order valence-electron chi connectivity index (χ4n) is 2.36. The summed E-state index contributed by atoms with van der Waals surface area (Å²) in [5.41, 5.74) is 0. The fourth-order valence-corrected chi connectivity index (χ4v) is 2.36. The number of hydrogen-bond acceptors (Lipinski definition) is 0. The summed E-state index contributed by atoms with van der Waals surface area (Å²) in [5, 5.41) is 0. The highest BCUT2D eigenvalue weighted by molar-refractivity contribution is 4.63. The molecule has 0 atom stereocenters. The molecular formula is C13H25. The molecule has 0 bridgehead atoms. The first kappa shape index (κ1) is 11.1. The van der Waals surface area contributed by atoms with Crippen molar-refractivity contribution in [2.24, 2.45) is 5.92 Å². The fraction of sp³-hybridized carbons (Fsp3) is 0.923. The van der Waals surface area contributed by atoms with E-state index < -0.39 is 0 Å². The van der Waals surface area contributed by atoms with Crippen LogP contribution in [0, 0.1) is 12.8 Å². The van der Waals surface area contributed by atoms with Crippen LogP contribution in [-0.2, 0) is 0 Å². The smallest absolute Gasteiger partial charge is 0.0414 e. The molecular weight excluding hydrogens is 156 g/mol. The van der Waals surface area contributed by atoms with Crippen LogP contribution >= 0.6 is 0 Å². The van der Waals surface area contributed by atoms with E-state index in [9.17, 15) is 0 Å². The first-order chi connectivity index (χ1) is 6.43. The Balaban J connectivity index is 2.18. The van der Waals surface area contributed by atoms with Crippen LogP contribution < -0.4 is 0 Å². The molecule has 0 aromatic heterocycles. The first-order valence-corrected chi connectivity index (χ1v) is 6.22. The number of hydrogen-bond donors (Lipinski definition) is 0. The molecule has 77 valence electrons. The molecule has 1 fully saturated rings. The van der Waals surface area contributed by atoms with Crippen LogP contribution in [0.4, 0.5) is 0 Å². The summed E-state index contributed by atoms with van der Waals surface area (Å²) < 4.78 is 0. The normalized spacial score (nSPS) is 23.8. The molecule has 0 aromatic carbocycles. The van der Waals surface area contributed by atoms with Crippen LogP contribution in [0.1, 0.15) is 70.6 Å². The first-order valence-electron chi connectivity index (χ1n) is 6.22. The van der Waals surface area contributed by atoms with Gasteiger partial charge >= 0.3 is 0 Å². The lowest BCUT2D eigenvalue weighted by atomic mass is 9.93. The molecule has 0 saturated heterocycles. The molecule has 0 aromatic rings. The zero-order valence-electron chi connectivity index (χ0n) is 9.06. The molecule has 0 amide bonds. The van der Waals surface area contributed by atoms with Gasteiger partial charge in [-0.2, -0.15) is 0 Å². The lowest BCUT2D eigenvalue weighted by molar-refractivity contribution is 0.417. The maximum atomic E-state index is 4.06. The molecule has 1 rings (SSSR count). The molecule has 1 aliphatic rings. The highest BCUT2D eigenvalue weighted by Gasteiger charge is 2.06. The van der Waals surface area contributed by atoms with Gasteiger partial charge in [0.2, 0.25) is 0 Å². The van der Waals surface area contributed by atoms with Gasteiger partial charge in [0, 0.05) is 0 Å². The van der Waals surface area contributed by atoms with E-state index >= 15 is 0 Å². The Morgan fingerprint density at radius 2 is 1.08 bits per heavy atom. The molecule has 0 unspecified atom stereocenters. The second-order valence-electron chi connectivity index (χ2n) is 4.56. The van der Waals surface area contributed by atoms with E-state index in [2.05, 4.69) is 6.92 Å². The van der Waals surface area contributed by atoms with Gasteiger partial charge in [0.05, 0.1) is 0 Å². The van der Waals surface area contributed by atoms with E-state index in [0.29, 0.717) is 0 Å². The molecule has 13 heavy (non-hydrogen) atoms. The summed E-state index contributed by atoms with van der Waals surface area (Å²) in [4.78, 5) is 0. The van der Waals surface area contributed by atoms with Gasteiger partial charge in [-0.3, -0.25) is 0 Å². The Morgan fingerprint density at radius 3 is 1.46 bits per heavy atom. The molecule has 1 aliphatic carbocycles. The van der Waals surface area contributed by atoms with Crippen LogP contribution in [0.25, 0.3) is 0 Å². The molecule has 1 saturated carbocycles. The zero-order valence-corrected chi connectivity index (χ0v) is 9.06. The third-order valence-electron chi connectivity index (χ3n) is 3.38. The van der Waals surface area contributed by atoms with Crippen molar-refractivity contribution in [3.63, 3.8) is 0 Å². The molecule has 0 nitrogen and oxygen atoms in total. The Hall–Kier alpha value is 0. The molecule has 0 heterocycles. The Bertz CT molecular complexity index is 94.6. The van der Waals surface area contributed by atoms with Crippen molar-refractivity contribution >= 4 is 0 Å². The summed E-state index contributed by atoms with van der Waals surface area (Å²) >= 11 is 0. The highest BCUT2D eigenvalue weighted by atomic mass is 14.1. The van der Waals surface area contributed by atoms with E-state index in [-0.39, 0.29) is 0 Å². The lowest BCUT2D eigenvalue weighted by Gasteiger charge is -2.13. The van der Waals surface area contributed by atoms with E-state index in [4.69, 9.17) is 0 Å². The van der Waals surface area contributed by atoms with Crippen LogP contribution in [0.5, 0.6) is 0 Å². The van der Waals surface area contributed by atoms with Crippen LogP contribution in [-0.4, -0.2) is 0 Å². The van der Waals surface area contributed by atoms with Crippen LogP contribution in [0.3, 0.4) is 0 Å². The van der Waals surface area contributed by atoms with Crippen molar-refractivity contribution in [3.05, 3.63) is 6.92 Å². The summed E-state index contributed by atoms with van der Waals surface area (Å²) in [5.74, 6) is 0.943. The van der Waals surface area contributed by atoms with E-state index in [1.807, 2.05) is 0 Å². The average Bonchev–Trinajstić information content (AvgIpc) is 2.22. The SMILES string of the molecule is [CH2]CC1CCCCCCCCCC1. The molecule has 0 heteroatoms. The third kappa shape index (κ3) is 5.33. The van der Waals surface area contributed by atoms with E-state index in [1.54, 1.807) is 0 Å². The Morgan fingerprint density at radius 1 is 0.692 bits per heavy atom. The van der Waals surface area contributed by atoms with Gasteiger partial charge in [0.25, 0.3) is 0 Å². The zero-order chi connectivity index (χ0) is 9.36. The predicted molar refractivity (Wildman–Crippen MR) is 59.6 cm³/mol. The standard InChI is InChI=1S/C13H25/c1-2-13-11-9-7-5-3-4-6-8-10-12-13/h13H,1-12H2. The maximum Gasteiger partial charge on any atom is -0.0414 e. The second-order valence-corrected chi connectivity index (χ2v) is 4.56. The minimum atomic E-state index is 0.943. The Labute approximate surface area is 84.1 Å². The van der Waals surface area contributed by atoms with Crippen molar-refractivity contribution in [1.29, 1.82) is 0 Å². The van der Waals surface area contributed by atoms with Gasteiger partial charge < -0.3 is 0 Å².